The molecule has 1 aromatic carbocycles. The summed E-state index contributed by atoms with van der Waals surface area (Å²) in [6.45, 7) is -0.148. The average molecular weight is 380 g/mol. The first kappa shape index (κ1) is 17.9. The van der Waals surface area contributed by atoms with Crippen LogP contribution in [0.15, 0.2) is 35.4 Å². The molecule has 1 aliphatic rings. The molecule has 3 rings (SSSR count). The Balaban J connectivity index is 1.65. The van der Waals surface area contributed by atoms with Gasteiger partial charge in [-0.2, -0.15) is 5.06 Å². The zero-order chi connectivity index (χ0) is 18.7. The van der Waals surface area contributed by atoms with Crippen molar-refractivity contribution in [2.24, 2.45) is 0 Å². The monoisotopic (exact) mass is 380 g/mol. The summed E-state index contributed by atoms with van der Waals surface area (Å²) in [6.07, 6.45) is 1.19. The van der Waals surface area contributed by atoms with Gasteiger partial charge in [-0.1, -0.05) is 0 Å². The fraction of sp³-hybridized carbons (Fsp3) is 0.312. The topological polar surface area (TPSA) is 123 Å². The van der Waals surface area contributed by atoms with Gasteiger partial charge < -0.3 is 14.7 Å². The van der Waals surface area contributed by atoms with Crippen molar-refractivity contribution < 1.29 is 32.7 Å². The summed E-state index contributed by atoms with van der Waals surface area (Å²) in [5, 5.41) is 11.0. The predicted molar refractivity (Wildman–Crippen MR) is 88.8 cm³/mol. The number of fused-ring (bicyclic) bond motifs is 1. The molecule has 1 fully saturated rings. The van der Waals surface area contributed by atoms with Crippen LogP contribution in [-0.2, 0) is 24.2 Å². The van der Waals surface area contributed by atoms with E-state index in [1.54, 1.807) is 6.07 Å². The largest absolute Gasteiger partial charge is 0.533 e. The molecule has 1 N–H and O–H groups in total. The average Bonchev–Trinajstić information content (AvgIpc) is 3.00. The summed E-state index contributed by atoms with van der Waals surface area (Å²) in [4.78, 5) is 31.6. The van der Waals surface area contributed by atoms with Crippen molar-refractivity contribution in [2.75, 3.05) is 18.9 Å². The quantitative estimate of drug-likeness (QED) is 0.772. The van der Waals surface area contributed by atoms with Crippen LogP contribution < -0.4 is 0 Å². The third kappa shape index (κ3) is 3.69. The Morgan fingerprint density at radius 3 is 2.85 bits per heavy atom. The molecule has 0 bridgehead atoms. The molecule has 2 heterocycles. The summed E-state index contributed by atoms with van der Waals surface area (Å²) in [7, 11) is -3.80. The molecule has 0 radical (unpaired) electrons. The van der Waals surface area contributed by atoms with E-state index in [1.807, 2.05) is 0 Å². The predicted octanol–water partition coefficient (Wildman–Crippen LogP) is 1.40. The van der Waals surface area contributed by atoms with Crippen molar-refractivity contribution in [2.45, 2.75) is 17.7 Å². The zero-order valence-corrected chi connectivity index (χ0v) is 14.4. The van der Waals surface area contributed by atoms with Gasteiger partial charge >= 0.3 is 6.16 Å². The second-order valence-corrected chi connectivity index (χ2v) is 7.67. The Bertz CT molecular complexity index is 958. The first-order chi connectivity index (χ1) is 12.4. The number of sulfone groups is 1. The van der Waals surface area contributed by atoms with Crippen LogP contribution in [0.1, 0.15) is 12.8 Å². The van der Waals surface area contributed by atoms with Crippen molar-refractivity contribution >= 4 is 32.8 Å². The highest BCUT2D eigenvalue weighted by atomic mass is 32.2. The normalized spacial score (nSPS) is 14.6. The van der Waals surface area contributed by atoms with Crippen LogP contribution in [0.3, 0.4) is 0 Å². The Hall–Kier alpha value is -2.88. The van der Waals surface area contributed by atoms with Crippen LogP contribution in [0.25, 0.3) is 10.9 Å². The Labute approximate surface area is 149 Å². The van der Waals surface area contributed by atoms with Crippen LogP contribution in [0, 0.1) is 0 Å². The molecule has 1 amide bonds. The highest BCUT2D eigenvalue weighted by Gasteiger charge is 2.25. The molecule has 0 spiro atoms. The van der Waals surface area contributed by atoms with Gasteiger partial charge in [-0.05, 0) is 30.7 Å². The fourth-order valence-electron chi connectivity index (χ4n) is 2.58. The molecule has 1 aliphatic heterocycles. The Morgan fingerprint density at radius 2 is 2.12 bits per heavy atom. The highest BCUT2D eigenvalue weighted by Crippen LogP contribution is 2.29. The summed E-state index contributed by atoms with van der Waals surface area (Å²) in [5.41, 5.74) is 0.168. The van der Waals surface area contributed by atoms with E-state index in [0.29, 0.717) is 19.4 Å². The van der Waals surface area contributed by atoms with Crippen molar-refractivity contribution in [3.05, 3.63) is 30.5 Å². The van der Waals surface area contributed by atoms with Crippen molar-refractivity contribution in [1.29, 1.82) is 0 Å². The summed E-state index contributed by atoms with van der Waals surface area (Å²) < 4.78 is 29.8. The van der Waals surface area contributed by atoms with E-state index in [0.717, 1.165) is 5.06 Å². The number of benzene rings is 1. The first-order valence-electron chi connectivity index (χ1n) is 7.83. The number of aromatic hydroxyl groups is 1. The van der Waals surface area contributed by atoms with Gasteiger partial charge in [-0.15, -0.1) is 0 Å². The summed E-state index contributed by atoms with van der Waals surface area (Å²) in [5.74, 6) is -0.933. The molecule has 10 heteroatoms. The van der Waals surface area contributed by atoms with E-state index in [9.17, 15) is 23.1 Å². The van der Waals surface area contributed by atoms with Crippen molar-refractivity contribution in [1.82, 2.24) is 10.0 Å². The summed E-state index contributed by atoms with van der Waals surface area (Å²) in [6, 6.07) is 5.61. The van der Waals surface area contributed by atoms with Crippen LogP contribution >= 0.6 is 0 Å². The molecule has 2 aromatic rings. The van der Waals surface area contributed by atoms with Crippen LogP contribution in [0.4, 0.5) is 4.79 Å². The molecule has 138 valence electrons. The first-order valence-corrected chi connectivity index (χ1v) is 9.48. The van der Waals surface area contributed by atoms with Crippen LogP contribution in [0.5, 0.6) is 5.75 Å². The van der Waals surface area contributed by atoms with Gasteiger partial charge in [0.15, 0.2) is 9.84 Å². The zero-order valence-electron chi connectivity index (χ0n) is 13.6. The number of carbonyl (C=O) groups excluding carboxylic acids is 2. The van der Waals surface area contributed by atoms with Gasteiger partial charge in [0.25, 0.3) is 5.91 Å². The van der Waals surface area contributed by atoms with E-state index in [-0.39, 0.29) is 27.5 Å². The van der Waals surface area contributed by atoms with Crippen LogP contribution in [-0.4, -0.2) is 54.5 Å². The molecule has 0 saturated carbocycles. The second-order valence-electron chi connectivity index (χ2n) is 5.59. The number of rotatable bonds is 5. The van der Waals surface area contributed by atoms with E-state index in [1.165, 1.54) is 24.4 Å². The molecule has 9 nitrogen and oxygen atoms in total. The van der Waals surface area contributed by atoms with Crippen LogP contribution in [0.2, 0.25) is 0 Å². The minimum atomic E-state index is -3.80. The van der Waals surface area contributed by atoms with Gasteiger partial charge in [-0.3, -0.25) is 9.78 Å². The van der Waals surface area contributed by atoms with Gasteiger partial charge in [0.1, 0.15) is 17.9 Å². The van der Waals surface area contributed by atoms with E-state index in [4.69, 9.17) is 9.57 Å². The fourth-order valence-corrected chi connectivity index (χ4v) is 3.88. The lowest BCUT2D eigenvalue weighted by Crippen LogP contribution is -2.29. The number of hydroxylamine groups is 2. The molecule has 0 atom stereocenters. The van der Waals surface area contributed by atoms with Crippen molar-refractivity contribution in [3.8, 4) is 5.75 Å². The number of phenols is 1. The number of aromatic nitrogens is 1. The minimum absolute atomic E-state index is 0.0231. The second kappa shape index (κ2) is 7.16. The maximum absolute atomic E-state index is 12.5. The molecular formula is C16H16N2O7S. The Kier molecular flexibility index (Phi) is 4.94. The van der Waals surface area contributed by atoms with Gasteiger partial charge in [0.05, 0.1) is 17.2 Å². The maximum atomic E-state index is 12.5. The molecule has 1 aromatic heterocycles. The van der Waals surface area contributed by atoms with E-state index < -0.39 is 28.4 Å². The van der Waals surface area contributed by atoms with Gasteiger partial charge in [0.2, 0.25) is 0 Å². The number of hydrogen-bond acceptors (Lipinski definition) is 8. The minimum Gasteiger partial charge on any atom is -0.506 e. The third-order valence-electron chi connectivity index (χ3n) is 3.83. The number of carbonyl (C=O) groups is 2. The molecule has 1 saturated heterocycles. The van der Waals surface area contributed by atoms with Gasteiger partial charge in [-0.25, -0.2) is 13.2 Å². The molecule has 0 aliphatic carbocycles. The number of ether oxygens (including phenoxy) is 1. The third-order valence-corrected chi connectivity index (χ3v) is 5.56. The molecule has 26 heavy (non-hydrogen) atoms. The maximum Gasteiger partial charge on any atom is 0.533 e. The highest BCUT2D eigenvalue weighted by molar-refractivity contribution is 7.91. The van der Waals surface area contributed by atoms with E-state index >= 15 is 0 Å². The lowest BCUT2D eigenvalue weighted by Gasteiger charge is -2.14. The number of phenolic OH excluding ortho intramolecular Hbond substituents is 1. The smallest absolute Gasteiger partial charge is 0.506 e. The Morgan fingerprint density at radius 1 is 1.31 bits per heavy atom. The van der Waals surface area contributed by atoms with E-state index in [2.05, 4.69) is 4.98 Å². The number of hydrogen-bond donors (Lipinski definition) is 1. The number of pyridine rings is 1. The lowest BCUT2D eigenvalue weighted by atomic mass is 10.2. The number of nitrogens with zero attached hydrogens (tertiary/aromatic N) is 2. The molecule has 0 unspecified atom stereocenters. The summed E-state index contributed by atoms with van der Waals surface area (Å²) >= 11 is 0. The van der Waals surface area contributed by atoms with Crippen molar-refractivity contribution in [3.63, 3.8) is 0 Å². The molecular weight excluding hydrogens is 364 g/mol. The SMILES string of the molecule is O=C(OCCS(=O)(=O)c1ccc(O)c2ncccc12)ON1CCCC1=O. The lowest BCUT2D eigenvalue weighted by molar-refractivity contribution is -0.164. The van der Waals surface area contributed by atoms with Gasteiger partial charge in [0, 0.05) is 18.0 Å². The standard InChI is InChI=1S/C16H16N2O7S/c19-12-5-6-13(11-3-1-7-17-15(11)12)26(22,23)10-9-24-16(21)25-18-8-2-4-14(18)20/h1,3,5-7,19H,2,4,8-10H2. The number of amides is 1.